The van der Waals surface area contributed by atoms with Crippen LogP contribution in [0.4, 0.5) is 11.6 Å². The second-order valence-corrected chi connectivity index (χ2v) is 6.93. The smallest absolute Gasteiger partial charge is 0.264 e. The van der Waals surface area contributed by atoms with Crippen LogP contribution in [-0.2, 0) is 14.8 Å². The molecule has 0 saturated heterocycles. The summed E-state index contributed by atoms with van der Waals surface area (Å²) in [5, 5.41) is 6.25. The minimum Gasteiger partial charge on any atom is -0.337 e. The maximum absolute atomic E-state index is 12.5. The van der Waals surface area contributed by atoms with E-state index in [1.165, 1.54) is 37.4 Å². The normalized spacial score (nSPS) is 11.1. The van der Waals surface area contributed by atoms with E-state index >= 15 is 0 Å². The SMILES string of the molecule is CC(=O)Nc1ccc(S(=O)(=O)Nc2oncc2-c2ccccc2)cc1. The monoisotopic (exact) mass is 357 g/mol. The summed E-state index contributed by atoms with van der Waals surface area (Å²) >= 11 is 0. The molecule has 25 heavy (non-hydrogen) atoms. The van der Waals surface area contributed by atoms with E-state index in [-0.39, 0.29) is 16.7 Å². The van der Waals surface area contributed by atoms with Crippen LogP contribution >= 0.6 is 0 Å². The second-order valence-electron chi connectivity index (χ2n) is 5.25. The van der Waals surface area contributed by atoms with Gasteiger partial charge in [-0.3, -0.25) is 4.79 Å². The van der Waals surface area contributed by atoms with E-state index in [0.29, 0.717) is 11.3 Å². The third kappa shape index (κ3) is 3.86. The molecule has 0 spiro atoms. The van der Waals surface area contributed by atoms with Crippen LogP contribution in [0.2, 0.25) is 0 Å². The predicted molar refractivity (Wildman–Crippen MR) is 93.5 cm³/mol. The summed E-state index contributed by atoms with van der Waals surface area (Å²) in [6.45, 7) is 1.38. The van der Waals surface area contributed by atoms with Crippen molar-refractivity contribution in [3.05, 3.63) is 60.8 Å². The molecule has 0 atom stereocenters. The van der Waals surface area contributed by atoms with Crippen LogP contribution in [0.5, 0.6) is 0 Å². The topological polar surface area (TPSA) is 101 Å². The largest absolute Gasteiger partial charge is 0.337 e. The highest BCUT2D eigenvalue weighted by atomic mass is 32.2. The number of hydrogen-bond acceptors (Lipinski definition) is 5. The first-order chi connectivity index (χ1) is 12.0. The van der Waals surface area contributed by atoms with E-state index in [2.05, 4.69) is 15.2 Å². The molecule has 0 radical (unpaired) electrons. The first-order valence-corrected chi connectivity index (χ1v) is 8.84. The van der Waals surface area contributed by atoms with Gasteiger partial charge in [0, 0.05) is 12.6 Å². The summed E-state index contributed by atoms with van der Waals surface area (Å²) in [4.78, 5) is 11.1. The van der Waals surface area contributed by atoms with Gasteiger partial charge in [-0.15, -0.1) is 0 Å². The van der Waals surface area contributed by atoms with Gasteiger partial charge in [0.2, 0.25) is 11.8 Å². The zero-order valence-corrected chi connectivity index (χ0v) is 14.1. The standard InChI is InChI=1S/C17H15N3O4S/c1-12(21)19-14-7-9-15(10-8-14)25(22,23)20-17-16(11-18-24-17)13-5-3-2-4-6-13/h2-11,20H,1H3,(H,19,21). The molecule has 0 bridgehead atoms. The van der Waals surface area contributed by atoms with Crippen molar-refractivity contribution in [1.29, 1.82) is 0 Å². The van der Waals surface area contributed by atoms with Gasteiger partial charge < -0.3 is 9.84 Å². The molecule has 0 fully saturated rings. The molecule has 0 aliphatic rings. The van der Waals surface area contributed by atoms with Gasteiger partial charge in [0.25, 0.3) is 10.0 Å². The molecular weight excluding hydrogens is 342 g/mol. The van der Waals surface area contributed by atoms with Crippen LogP contribution in [0.25, 0.3) is 11.1 Å². The number of rotatable bonds is 5. The molecule has 0 saturated carbocycles. The van der Waals surface area contributed by atoms with Crippen molar-refractivity contribution >= 4 is 27.5 Å². The molecule has 1 heterocycles. The Bertz CT molecular complexity index is 980. The highest BCUT2D eigenvalue weighted by Crippen LogP contribution is 2.29. The summed E-state index contributed by atoms with van der Waals surface area (Å²) in [5.41, 5.74) is 1.83. The highest BCUT2D eigenvalue weighted by Gasteiger charge is 2.19. The number of nitrogens with zero attached hydrogens (tertiary/aromatic N) is 1. The zero-order chi connectivity index (χ0) is 17.9. The molecule has 0 unspecified atom stereocenters. The number of carbonyl (C=O) groups is 1. The van der Waals surface area contributed by atoms with Gasteiger partial charge in [0.05, 0.1) is 16.7 Å². The first-order valence-electron chi connectivity index (χ1n) is 7.36. The van der Waals surface area contributed by atoms with Gasteiger partial charge in [-0.2, -0.15) is 0 Å². The fourth-order valence-corrected chi connectivity index (χ4v) is 3.24. The average molecular weight is 357 g/mol. The van der Waals surface area contributed by atoms with Crippen molar-refractivity contribution in [2.45, 2.75) is 11.8 Å². The average Bonchev–Trinajstić information content (AvgIpc) is 3.03. The minimum atomic E-state index is -3.86. The summed E-state index contributed by atoms with van der Waals surface area (Å²) in [6.07, 6.45) is 1.45. The molecule has 3 aromatic rings. The fourth-order valence-electron chi connectivity index (χ4n) is 2.24. The van der Waals surface area contributed by atoms with Crippen molar-refractivity contribution in [2.75, 3.05) is 10.0 Å². The fraction of sp³-hybridized carbons (Fsp3) is 0.0588. The number of amides is 1. The van der Waals surface area contributed by atoms with Gasteiger partial charge in [0.15, 0.2) is 0 Å². The van der Waals surface area contributed by atoms with Crippen molar-refractivity contribution < 1.29 is 17.7 Å². The first kappa shape index (κ1) is 16.7. The van der Waals surface area contributed by atoms with Crippen molar-refractivity contribution in [3.8, 4) is 11.1 Å². The van der Waals surface area contributed by atoms with E-state index in [0.717, 1.165) is 5.56 Å². The third-order valence-corrected chi connectivity index (χ3v) is 4.71. The molecular formula is C17H15N3O4S. The Hall–Kier alpha value is -3.13. The van der Waals surface area contributed by atoms with Crippen molar-refractivity contribution in [2.24, 2.45) is 0 Å². The van der Waals surface area contributed by atoms with Gasteiger partial charge >= 0.3 is 0 Å². The number of anilines is 2. The lowest BCUT2D eigenvalue weighted by molar-refractivity contribution is -0.114. The van der Waals surface area contributed by atoms with E-state index < -0.39 is 10.0 Å². The van der Waals surface area contributed by atoms with Crippen molar-refractivity contribution in [3.63, 3.8) is 0 Å². The maximum atomic E-state index is 12.5. The molecule has 8 heteroatoms. The molecule has 1 aromatic heterocycles. The molecule has 2 N–H and O–H groups in total. The van der Waals surface area contributed by atoms with Gasteiger partial charge in [0.1, 0.15) is 0 Å². The number of nitrogens with one attached hydrogen (secondary N) is 2. The van der Waals surface area contributed by atoms with E-state index in [4.69, 9.17) is 4.52 Å². The Kier molecular flexibility index (Phi) is 4.53. The maximum Gasteiger partial charge on any atom is 0.264 e. The van der Waals surface area contributed by atoms with Crippen LogP contribution in [0.3, 0.4) is 0 Å². The molecule has 0 aliphatic heterocycles. The Balaban J connectivity index is 1.85. The lowest BCUT2D eigenvalue weighted by atomic mass is 10.1. The number of carbonyl (C=O) groups excluding carboxylic acids is 1. The Labute approximate surface area is 144 Å². The van der Waals surface area contributed by atoms with E-state index in [1.807, 2.05) is 30.3 Å². The number of sulfonamides is 1. The Morgan fingerprint density at radius 3 is 2.36 bits per heavy atom. The summed E-state index contributed by atoms with van der Waals surface area (Å²) in [5.74, 6) is -0.194. The lowest BCUT2D eigenvalue weighted by Gasteiger charge is -2.08. The van der Waals surface area contributed by atoms with Gasteiger partial charge in [-0.05, 0) is 29.8 Å². The van der Waals surface area contributed by atoms with E-state index in [9.17, 15) is 13.2 Å². The van der Waals surface area contributed by atoms with Crippen LogP contribution in [0.1, 0.15) is 6.92 Å². The molecule has 128 valence electrons. The number of benzene rings is 2. The Morgan fingerprint density at radius 2 is 1.72 bits per heavy atom. The van der Waals surface area contributed by atoms with Crippen LogP contribution in [-0.4, -0.2) is 19.5 Å². The third-order valence-electron chi connectivity index (χ3n) is 3.37. The molecule has 0 aliphatic carbocycles. The quantitative estimate of drug-likeness (QED) is 0.731. The molecule has 3 rings (SSSR count). The molecule has 2 aromatic carbocycles. The minimum absolute atomic E-state index is 0.0389. The summed E-state index contributed by atoms with van der Waals surface area (Å²) in [7, 11) is -3.86. The highest BCUT2D eigenvalue weighted by molar-refractivity contribution is 7.92. The van der Waals surface area contributed by atoms with Crippen LogP contribution in [0, 0.1) is 0 Å². The van der Waals surface area contributed by atoms with Crippen molar-refractivity contribution in [1.82, 2.24) is 5.16 Å². The van der Waals surface area contributed by atoms with Gasteiger partial charge in [-0.25, -0.2) is 13.1 Å². The Morgan fingerprint density at radius 1 is 1.04 bits per heavy atom. The van der Waals surface area contributed by atoms with E-state index in [1.54, 1.807) is 0 Å². The number of aromatic nitrogens is 1. The number of hydrogen-bond donors (Lipinski definition) is 2. The molecule has 1 amide bonds. The van der Waals surface area contributed by atoms with Gasteiger partial charge in [-0.1, -0.05) is 35.5 Å². The predicted octanol–water partition coefficient (Wildman–Crippen LogP) is 3.10. The summed E-state index contributed by atoms with van der Waals surface area (Å²) < 4.78 is 32.5. The van der Waals surface area contributed by atoms with Crippen LogP contribution in [0.15, 0.2) is 70.2 Å². The van der Waals surface area contributed by atoms with Crippen LogP contribution < -0.4 is 10.0 Å². The second kappa shape index (κ2) is 6.78. The summed E-state index contributed by atoms with van der Waals surface area (Å²) in [6, 6.07) is 15.0. The lowest BCUT2D eigenvalue weighted by Crippen LogP contribution is -2.13. The zero-order valence-electron chi connectivity index (χ0n) is 13.3. The molecule has 7 nitrogen and oxygen atoms in total.